The number of nitrogens with zero attached hydrogens (tertiary/aromatic N) is 2. The molecule has 0 saturated heterocycles. The van der Waals surface area contributed by atoms with Crippen molar-refractivity contribution >= 4 is 9.05 Å². The second kappa shape index (κ2) is 14.3. The average molecular weight is 463 g/mol. The molecule has 2 atom stereocenters. The summed E-state index contributed by atoms with van der Waals surface area (Å²) in [6, 6.07) is 0. The van der Waals surface area contributed by atoms with E-state index in [4.69, 9.17) is 17.7 Å². The maximum Gasteiger partial charge on any atom is 0.680 e. The Bertz CT molecular complexity index is 419. The van der Waals surface area contributed by atoms with Gasteiger partial charge in [0.25, 0.3) is 0 Å². The largest absolute Gasteiger partial charge is 0.680 e. The van der Waals surface area contributed by atoms with E-state index in [2.05, 4.69) is 51.8 Å². The molecule has 0 saturated carbocycles. The first-order chi connectivity index (χ1) is 14.1. The van der Waals surface area contributed by atoms with Crippen LogP contribution in [0.2, 0.25) is 0 Å². The van der Waals surface area contributed by atoms with Crippen molar-refractivity contribution in [3.05, 3.63) is 0 Å². The fourth-order valence-electron chi connectivity index (χ4n) is 3.51. The van der Waals surface area contributed by atoms with Crippen molar-refractivity contribution in [2.45, 2.75) is 92.3 Å². The van der Waals surface area contributed by atoms with Crippen LogP contribution >= 0.6 is 0 Å². The molecule has 0 heterocycles. The Balaban J connectivity index is 5.37. The van der Waals surface area contributed by atoms with Gasteiger partial charge in [0.1, 0.15) is 0 Å². The predicted octanol–water partition coefficient (Wildman–Crippen LogP) is 5.04. The molecular weight excluding hydrogens is 408 g/mol. The molecule has 6 nitrogen and oxygen atoms in total. The molecule has 0 spiro atoms. The van der Waals surface area contributed by atoms with E-state index in [1.807, 2.05) is 41.5 Å². The van der Waals surface area contributed by atoms with Crippen LogP contribution in [0.4, 0.5) is 0 Å². The molecule has 0 aromatic carbocycles. The van der Waals surface area contributed by atoms with Crippen molar-refractivity contribution in [1.29, 1.82) is 0 Å². The molecule has 0 bridgehead atoms. The normalized spacial score (nSPS) is 15.7. The Morgan fingerprint density at radius 1 is 0.645 bits per heavy atom. The lowest BCUT2D eigenvalue weighted by Crippen LogP contribution is -2.57. The van der Waals surface area contributed by atoms with Gasteiger partial charge in [-0.15, -0.1) is 0 Å². The summed E-state index contributed by atoms with van der Waals surface area (Å²) >= 11 is 0. The molecule has 0 radical (unpaired) electrons. The molecule has 0 aromatic heterocycles. The molecule has 188 valence electrons. The Morgan fingerprint density at radius 2 is 0.968 bits per heavy atom. The van der Waals surface area contributed by atoms with Crippen LogP contribution in [0, 0.1) is 11.8 Å². The average Bonchev–Trinajstić information content (AvgIpc) is 2.56. The minimum absolute atomic E-state index is 0.418. The van der Waals surface area contributed by atoms with Crippen LogP contribution in [-0.2, 0) is 17.7 Å². The summed E-state index contributed by atoms with van der Waals surface area (Å²) in [4.78, 5) is 4.48. The van der Waals surface area contributed by atoms with Gasteiger partial charge in [-0.1, -0.05) is 26.7 Å². The number of rotatable bonds is 16. The second-order valence-electron chi connectivity index (χ2n) is 11.3. The van der Waals surface area contributed by atoms with Crippen LogP contribution in [0.3, 0.4) is 0 Å². The zero-order valence-corrected chi connectivity index (χ0v) is 23.8. The first-order valence-corrected chi connectivity index (χ1v) is 13.7. The molecule has 0 N–H and O–H groups in total. The van der Waals surface area contributed by atoms with Gasteiger partial charge in [-0.25, -0.2) is 0 Å². The van der Waals surface area contributed by atoms with E-state index >= 15 is 0 Å². The maximum atomic E-state index is 6.45. The molecule has 0 fully saturated rings. The fraction of sp³-hybridized carbons (Fsp3) is 1.00. The highest BCUT2D eigenvalue weighted by molar-refractivity contribution is 6.53. The monoisotopic (exact) mass is 462 g/mol. The van der Waals surface area contributed by atoms with Crippen molar-refractivity contribution in [2.75, 3.05) is 54.5 Å². The lowest BCUT2D eigenvalue weighted by atomic mass is 10.0. The predicted molar refractivity (Wildman–Crippen MR) is 133 cm³/mol. The standard InChI is InChI=1S/C24H54N2O4Si/c1-13-21(19-25(9)10)15-17-27-31(29-23(3,4)5,30-24(6,7)8)28-18-16-22(14-2)20-26(11)12/h21-22H,13-20H2,1-12H3. The summed E-state index contributed by atoms with van der Waals surface area (Å²) in [6.07, 6.45) is 4.18. The molecule has 31 heavy (non-hydrogen) atoms. The van der Waals surface area contributed by atoms with E-state index in [9.17, 15) is 0 Å². The topological polar surface area (TPSA) is 43.4 Å². The minimum Gasteiger partial charge on any atom is -0.351 e. The number of hydrogen-bond donors (Lipinski definition) is 0. The zero-order valence-electron chi connectivity index (χ0n) is 22.8. The lowest BCUT2D eigenvalue weighted by molar-refractivity contribution is -0.110. The van der Waals surface area contributed by atoms with Crippen LogP contribution in [0.25, 0.3) is 0 Å². The Labute approximate surface area is 195 Å². The van der Waals surface area contributed by atoms with E-state index < -0.39 is 20.3 Å². The van der Waals surface area contributed by atoms with E-state index in [-0.39, 0.29) is 0 Å². The number of hydrogen-bond acceptors (Lipinski definition) is 6. The van der Waals surface area contributed by atoms with Gasteiger partial charge >= 0.3 is 9.05 Å². The Hall–Kier alpha value is -0.0231. The van der Waals surface area contributed by atoms with E-state index in [1.165, 1.54) is 0 Å². The van der Waals surface area contributed by atoms with E-state index in [1.54, 1.807) is 0 Å². The van der Waals surface area contributed by atoms with Crippen molar-refractivity contribution in [2.24, 2.45) is 11.8 Å². The van der Waals surface area contributed by atoms with Gasteiger partial charge in [0.2, 0.25) is 0 Å². The molecule has 2 unspecified atom stereocenters. The molecular formula is C24H54N2O4Si. The van der Waals surface area contributed by atoms with Crippen LogP contribution in [0.1, 0.15) is 81.1 Å². The molecule has 0 rings (SSSR count). The third-order valence-electron chi connectivity index (χ3n) is 4.87. The zero-order chi connectivity index (χ0) is 24.3. The van der Waals surface area contributed by atoms with Gasteiger partial charge in [0, 0.05) is 26.3 Å². The van der Waals surface area contributed by atoms with Crippen LogP contribution in [0.15, 0.2) is 0 Å². The summed E-state index contributed by atoms with van der Waals surface area (Å²) in [7, 11) is 5.15. The van der Waals surface area contributed by atoms with E-state index in [0.29, 0.717) is 25.0 Å². The molecule has 0 aliphatic rings. The van der Waals surface area contributed by atoms with Gasteiger partial charge in [-0.05, 0) is 94.4 Å². The van der Waals surface area contributed by atoms with Gasteiger partial charge in [0.05, 0.1) is 11.2 Å². The van der Waals surface area contributed by atoms with Gasteiger partial charge < -0.3 is 27.5 Å². The summed E-state index contributed by atoms with van der Waals surface area (Å²) in [5, 5.41) is 0. The highest BCUT2D eigenvalue weighted by Crippen LogP contribution is 2.27. The second-order valence-corrected chi connectivity index (χ2v) is 13.3. The van der Waals surface area contributed by atoms with Crippen molar-refractivity contribution in [1.82, 2.24) is 9.80 Å². The minimum atomic E-state index is -3.33. The van der Waals surface area contributed by atoms with E-state index in [0.717, 1.165) is 38.8 Å². The van der Waals surface area contributed by atoms with Crippen molar-refractivity contribution in [3.8, 4) is 0 Å². The Kier molecular flexibility index (Phi) is 14.3. The summed E-state index contributed by atoms with van der Waals surface area (Å²) < 4.78 is 25.8. The third kappa shape index (κ3) is 16.3. The van der Waals surface area contributed by atoms with Gasteiger partial charge in [0.15, 0.2) is 0 Å². The molecule has 0 aliphatic heterocycles. The molecule has 0 aliphatic carbocycles. The molecule has 0 aromatic rings. The highest BCUT2D eigenvalue weighted by atomic mass is 28.4. The fourth-order valence-corrected chi connectivity index (χ4v) is 6.11. The van der Waals surface area contributed by atoms with Crippen molar-refractivity contribution in [3.63, 3.8) is 0 Å². The highest BCUT2D eigenvalue weighted by Gasteiger charge is 2.51. The van der Waals surface area contributed by atoms with Crippen LogP contribution in [0.5, 0.6) is 0 Å². The lowest BCUT2D eigenvalue weighted by Gasteiger charge is -2.38. The SMILES string of the molecule is CCC(CCO[Si](OCCC(CC)CN(C)C)(OC(C)(C)C)OC(C)(C)C)CN(C)C. The first-order valence-electron chi connectivity index (χ1n) is 12.1. The smallest absolute Gasteiger partial charge is 0.351 e. The van der Waals surface area contributed by atoms with Crippen LogP contribution < -0.4 is 0 Å². The summed E-state index contributed by atoms with van der Waals surface area (Å²) in [5.41, 5.74) is -0.835. The van der Waals surface area contributed by atoms with Crippen LogP contribution in [-0.4, -0.2) is 84.5 Å². The van der Waals surface area contributed by atoms with Gasteiger partial charge in [-0.2, -0.15) is 0 Å². The third-order valence-corrected chi connectivity index (χ3v) is 7.71. The summed E-state index contributed by atoms with van der Waals surface area (Å²) in [6.45, 7) is 20.0. The van der Waals surface area contributed by atoms with Crippen molar-refractivity contribution < 1.29 is 17.7 Å². The Morgan fingerprint density at radius 3 is 1.19 bits per heavy atom. The first kappa shape index (κ1) is 31.0. The maximum absolute atomic E-state index is 6.45. The quantitative estimate of drug-likeness (QED) is 0.299. The summed E-state index contributed by atoms with van der Waals surface area (Å²) in [5.74, 6) is 1.16. The molecule has 0 amide bonds. The molecule has 7 heteroatoms. The van der Waals surface area contributed by atoms with Gasteiger partial charge in [-0.3, -0.25) is 0 Å².